The van der Waals surface area contributed by atoms with Gasteiger partial charge in [0.15, 0.2) is 11.5 Å². The van der Waals surface area contributed by atoms with Gasteiger partial charge in [-0.05, 0) is 6.07 Å². The smallest absolute Gasteiger partial charge is 0.274 e. The van der Waals surface area contributed by atoms with Gasteiger partial charge in [0.25, 0.3) is 5.91 Å². The zero-order valence-electron chi connectivity index (χ0n) is 15.0. The number of rotatable bonds is 4. The Labute approximate surface area is 151 Å². The first-order valence-corrected chi connectivity index (χ1v) is 8.78. The van der Waals surface area contributed by atoms with Gasteiger partial charge in [-0.15, -0.1) is 10.2 Å². The van der Waals surface area contributed by atoms with Crippen molar-refractivity contribution < 1.29 is 14.3 Å². The molecule has 2 aromatic rings. The molecule has 1 atom stereocenters. The van der Waals surface area contributed by atoms with Crippen LogP contribution in [0.4, 0.5) is 5.82 Å². The Morgan fingerprint density at radius 2 is 2.19 bits per heavy atom. The van der Waals surface area contributed by atoms with Crippen LogP contribution in [0.2, 0.25) is 0 Å². The second-order valence-electron chi connectivity index (χ2n) is 6.70. The minimum Gasteiger partial charge on any atom is -0.478 e. The van der Waals surface area contributed by atoms with Crippen LogP contribution in [0.5, 0.6) is 11.8 Å². The highest BCUT2D eigenvalue weighted by Gasteiger charge is 2.30. The lowest BCUT2D eigenvalue weighted by molar-refractivity contribution is 0.0764. The number of aryl methyl sites for hydroxylation is 1. The zero-order chi connectivity index (χ0) is 18.1. The van der Waals surface area contributed by atoms with Gasteiger partial charge in [-0.3, -0.25) is 4.79 Å². The van der Waals surface area contributed by atoms with Crippen molar-refractivity contribution in [2.45, 2.75) is 25.5 Å². The van der Waals surface area contributed by atoms with Crippen molar-refractivity contribution in [2.24, 2.45) is 0 Å². The van der Waals surface area contributed by atoms with Gasteiger partial charge in [-0.1, -0.05) is 0 Å². The molecule has 9 nitrogen and oxygen atoms in total. The molecule has 138 valence electrons. The van der Waals surface area contributed by atoms with E-state index in [1.807, 2.05) is 25.1 Å². The Balaban J connectivity index is 1.37. The largest absolute Gasteiger partial charge is 0.478 e. The Bertz CT molecular complexity index is 765. The first-order valence-electron chi connectivity index (χ1n) is 8.78. The lowest BCUT2D eigenvalue weighted by atomic mass is 10.3. The summed E-state index contributed by atoms with van der Waals surface area (Å²) in [7, 11) is 3.81. The number of aromatic nitrogens is 4. The van der Waals surface area contributed by atoms with Gasteiger partial charge < -0.3 is 19.3 Å². The van der Waals surface area contributed by atoms with Crippen molar-refractivity contribution in [2.75, 3.05) is 38.7 Å². The van der Waals surface area contributed by atoms with Crippen LogP contribution >= 0.6 is 0 Å². The third-order valence-electron chi connectivity index (χ3n) is 4.53. The van der Waals surface area contributed by atoms with E-state index in [-0.39, 0.29) is 12.0 Å². The van der Waals surface area contributed by atoms with Gasteiger partial charge >= 0.3 is 0 Å². The van der Waals surface area contributed by atoms with Crippen LogP contribution in [0.25, 0.3) is 0 Å². The highest BCUT2D eigenvalue weighted by atomic mass is 16.5. The summed E-state index contributed by atoms with van der Waals surface area (Å²) in [5, 5.41) is 12.6. The van der Waals surface area contributed by atoms with E-state index in [1.165, 1.54) is 0 Å². The number of anilines is 1. The summed E-state index contributed by atoms with van der Waals surface area (Å²) in [4.78, 5) is 16.3. The average Bonchev–Trinajstić information content (AvgIpc) is 3.28. The number of ether oxygens (including phenoxy) is 2. The van der Waals surface area contributed by atoms with Crippen LogP contribution in [0, 0.1) is 0 Å². The van der Waals surface area contributed by atoms with Gasteiger partial charge in [0.1, 0.15) is 6.10 Å². The topological polar surface area (TPSA) is 85.6 Å². The molecule has 2 aromatic heterocycles. The number of carbonyl (C=O) groups excluding carboxylic acids is 1. The predicted octanol–water partition coefficient (Wildman–Crippen LogP) is 0.815. The van der Waals surface area contributed by atoms with Gasteiger partial charge in [-0.2, -0.15) is 5.10 Å². The van der Waals surface area contributed by atoms with Crippen molar-refractivity contribution in [3.05, 3.63) is 23.9 Å². The molecule has 0 N–H and O–H groups in total. The minimum atomic E-state index is -0.0908. The van der Waals surface area contributed by atoms with Crippen LogP contribution < -0.4 is 14.4 Å². The molecule has 1 amide bonds. The number of hydrogen-bond acceptors (Lipinski definition) is 7. The standard InChI is InChI=1S/C17H22N6O3/c1-21(2)14-4-5-15(19-18-14)26-12-6-8-22(11-12)17(24)13-10-16-23(20-13)7-3-9-25-16/h4-5,10,12H,3,6-9,11H2,1-2H3/t12-/m0/s1. The van der Waals surface area contributed by atoms with Crippen LogP contribution in [0.15, 0.2) is 18.2 Å². The Hall–Kier alpha value is -2.84. The van der Waals surface area contributed by atoms with Crippen molar-refractivity contribution in [3.63, 3.8) is 0 Å². The molecule has 0 aromatic carbocycles. The number of likely N-dealkylation sites (tertiary alicyclic amines) is 1. The summed E-state index contributed by atoms with van der Waals surface area (Å²) < 4.78 is 13.2. The maximum absolute atomic E-state index is 12.7. The Morgan fingerprint density at radius 1 is 1.31 bits per heavy atom. The van der Waals surface area contributed by atoms with Crippen LogP contribution in [0.3, 0.4) is 0 Å². The molecule has 26 heavy (non-hydrogen) atoms. The van der Waals surface area contributed by atoms with E-state index in [9.17, 15) is 4.79 Å². The quantitative estimate of drug-likeness (QED) is 0.800. The van der Waals surface area contributed by atoms with E-state index in [2.05, 4.69) is 15.3 Å². The second kappa shape index (κ2) is 6.81. The molecular weight excluding hydrogens is 336 g/mol. The molecule has 0 unspecified atom stereocenters. The van der Waals surface area contributed by atoms with E-state index < -0.39 is 0 Å². The van der Waals surface area contributed by atoms with Crippen LogP contribution in [-0.2, 0) is 6.54 Å². The Kier molecular flexibility index (Phi) is 4.36. The molecule has 0 bridgehead atoms. The number of hydrogen-bond donors (Lipinski definition) is 0. The first-order chi connectivity index (χ1) is 12.6. The molecule has 1 fully saturated rings. The fourth-order valence-electron chi connectivity index (χ4n) is 3.13. The molecule has 0 spiro atoms. The molecule has 2 aliphatic rings. The molecule has 0 saturated carbocycles. The summed E-state index contributed by atoms with van der Waals surface area (Å²) in [6.45, 7) is 2.61. The van der Waals surface area contributed by atoms with Gasteiger partial charge in [-0.25, -0.2) is 4.68 Å². The molecule has 1 saturated heterocycles. The number of amides is 1. The van der Waals surface area contributed by atoms with Crippen LogP contribution in [-0.4, -0.2) is 70.7 Å². The van der Waals surface area contributed by atoms with E-state index in [1.54, 1.807) is 21.7 Å². The van der Waals surface area contributed by atoms with Gasteiger partial charge in [0.05, 0.1) is 13.2 Å². The van der Waals surface area contributed by atoms with Crippen molar-refractivity contribution in [1.29, 1.82) is 0 Å². The molecule has 2 aliphatic heterocycles. The molecule has 9 heteroatoms. The van der Waals surface area contributed by atoms with E-state index >= 15 is 0 Å². The normalized spacial score (nSPS) is 19.0. The predicted molar refractivity (Wildman–Crippen MR) is 93.6 cm³/mol. The Morgan fingerprint density at radius 3 is 2.92 bits per heavy atom. The summed E-state index contributed by atoms with van der Waals surface area (Å²) in [5.41, 5.74) is 0.428. The van der Waals surface area contributed by atoms with E-state index in [4.69, 9.17) is 9.47 Å². The lowest BCUT2D eigenvalue weighted by Crippen LogP contribution is -2.31. The van der Waals surface area contributed by atoms with Gasteiger partial charge in [0, 0.05) is 52.2 Å². The summed E-state index contributed by atoms with van der Waals surface area (Å²) in [5.74, 6) is 1.82. The zero-order valence-corrected chi connectivity index (χ0v) is 15.0. The number of nitrogens with zero attached hydrogens (tertiary/aromatic N) is 6. The molecule has 4 heterocycles. The monoisotopic (exact) mass is 358 g/mol. The second-order valence-corrected chi connectivity index (χ2v) is 6.70. The number of carbonyl (C=O) groups is 1. The fraction of sp³-hybridized carbons (Fsp3) is 0.529. The third kappa shape index (κ3) is 3.29. The van der Waals surface area contributed by atoms with Crippen molar-refractivity contribution >= 4 is 11.7 Å². The van der Waals surface area contributed by atoms with Gasteiger partial charge in [0.2, 0.25) is 11.8 Å². The molecule has 0 radical (unpaired) electrons. The molecule has 4 rings (SSSR count). The number of fused-ring (bicyclic) bond motifs is 1. The first kappa shape index (κ1) is 16.6. The lowest BCUT2D eigenvalue weighted by Gasteiger charge is -2.16. The van der Waals surface area contributed by atoms with Crippen molar-refractivity contribution in [3.8, 4) is 11.8 Å². The maximum atomic E-state index is 12.7. The summed E-state index contributed by atoms with van der Waals surface area (Å²) >= 11 is 0. The van der Waals surface area contributed by atoms with E-state index in [0.717, 1.165) is 25.2 Å². The summed E-state index contributed by atoms with van der Waals surface area (Å²) in [6, 6.07) is 5.38. The highest BCUT2D eigenvalue weighted by molar-refractivity contribution is 5.92. The van der Waals surface area contributed by atoms with Crippen molar-refractivity contribution in [1.82, 2.24) is 24.9 Å². The minimum absolute atomic E-state index is 0.0874. The molecular formula is C17H22N6O3. The molecule has 0 aliphatic carbocycles. The third-order valence-corrected chi connectivity index (χ3v) is 4.53. The summed E-state index contributed by atoms with van der Waals surface area (Å²) in [6.07, 6.45) is 1.58. The maximum Gasteiger partial charge on any atom is 0.274 e. The SMILES string of the molecule is CN(C)c1ccc(O[C@H]2CCN(C(=O)c3cc4n(n3)CCCO4)C2)nn1. The average molecular weight is 358 g/mol. The fourth-order valence-corrected chi connectivity index (χ4v) is 3.13. The highest BCUT2D eigenvalue weighted by Crippen LogP contribution is 2.22. The van der Waals surface area contributed by atoms with Crippen LogP contribution in [0.1, 0.15) is 23.3 Å². The van der Waals surface area contributed by atoms with E-state index in [0.29, 0.717) is 37.2 Å².